The lowest BCUT2D eigenvalue weighted by Gasteiger charge is -2.09. The predicted molar refractivity (Wildman–Crippen MR) is 63.9 cm³/mol. The van der Waals surface area contributed by atoms with Crippen LogP contribution in [-0.4, -0.2) is 32.7 Å². The lowest BCUT2D eigenvalue weighted by molar-refractivity contribution is -0.123. The van der Waals surface area contributed by atoms with E-state index in [0.29, 0.717) is 13.2 Å². The van der Waals surface area contributed by atoms with Crippen LogP contribution in [-0.2, 0) is 14.2 Å². The molecule has 0 saturated carbocycles. The van der Waals surface area contributed by atoms with Gasteiger partial charge in [-0.25, -0.2) is 0 Å². The van der Waals surface area contributed by atoms with Crippen LogP contribution in [0, 0.1) is 0 Å². The summed E-state index contributed by atoms with van der Waals surface area (Å²) in [5, 5.41) is 0. The molecule has 0 aliphatic carbocycles. The van der Waals surface area contributed by atoms with Gasteiger partial charge in [0, 0.05) is 13.2 Å². The van der Waals surface area contributed by atoms with E-state index in [9.17, 15) is 0 Å². The fourth-order valence-electron chi connectivity index (χ4n) is 0.752. The third-order valence-electron chi connectivity index (χ3n) is 1.27. The van der Waals surface area contributed by atoms with Gasteiger partial charge < -0.3 is 14.2 Å². The van der Waals surface area contributed by atoms with Crippen LogP contribution in [0.2, 0.25) is 0 Å². The third kappa shape index (κ3) is 19.7. The normalized spacial score (nSPS) is 9.33. The molecule has 0 aliphatic heterocycles. The molecular formula is C12H24O3. The van der Waals surface area contributed by atoms with E-state index in [0.717, 1.165) is 13.2 Å². The number of hydrogen-bond acceptors (Lipinski definition) is 3. The fourth-order valence-corrected chi connectivity index (χ4v) is 0.752. The molecule has 0 heterocycles. The zero-order chi connectivity index (χ0) is 11.9. The highest BCUT2D eigenvalue weighted by molar-refractivity contribution is 4.68. The zero-order valence-corrected chi connectivity index (χ0v) is 10.2. The molecule has 0 bridgehead atoms. The Morgan fingerprint density at radius 3 is 1.67 bits per heavy atom. The molecule has 0 N–H and O–H groups in total. The summed E-state index contributed by atoms with van der Waals surface area (Å²) in [7, 11) is 0. The van der Waals surface area contributed by atoms with Gasteiger partial charge in [0.1, 0.15) is 0 Å². The number of hydrogen-bond donors (Lipinski definition) is 0. The first-order valence-electron chi connectivity index (χ1n) is 5.25. The topological polar surface area (TPSA) is 27.7 Å². The van der Waals surface area contributed by atoms with Gasteiger partial charge in [0.25, 0.3) is 0 Å². The molecule has 3 nitrogen and oxygen atoms in total. The van der Waals surface area contributed by atoms with E-state index in [1.807, 2.05) is 20.8 Å². The van der Waals surface area contributed by atoms with Crippen molar-refractivity contribution in [2.45, 2.75) is 27.1 Å². The molecule has 0 aromatic rings. The molecule has 0 spiro atoms. The molecule has 0 fully saturated rings. The Morgan fingerprint density at radius 1 is 1.00 bits per heavy atom. The van der Waals surface area contributed by atoms with Crippen LogP contribution in [0.15, 0.2) is 25.3 Å². The van der Waals surface area contributed by atoms with Crippen molar-refractivity contribution in [3.05, 3.63) is 25.3 Å². The van der Waals surface area contributed by atoms with Crippen molar-refractivity contribution in [1.82, 2.24) is 0 Å². The fraction of sp³-hybridized carbons (Fsp3) is 0.667. The second-order valence-corrected chi connectivity index (χ2v) is 2.59. The molecule has 0 amide bonds. The van der Waals surface area contributed by atoms with Gasteiger partial charge in [-0.2, -0.15) is 0 Å². The van der Waals surface area contributed by atoms with Gasteiger partial charge in [0.05, 0.1) is 13.2 Å². The van der Waals surface area contributed by atoms with Crippen molar-refractivity contribution in [3.8, 4) is 0 Å². The number of rotatable bonds is 8. The Hall–Kier alpha value is -0.640. The van der Waals surface area contributed by atoms with E-state index in [1.54, 1.807) is 12.2 Å². The van der Waals surface area contributed by atoms with Crippen molar-refractivity contribution in [3.63, 3.8) is 0 Å². The van der Waals surface area contributed by atoms with E-state index in [1.165, 1.54) is 0 Å². The first-order chi connectivity index (χ1) is 7.22. The lowest BCUT2D eigenvalue weighted by Crippen LogP contribution is -2.11. The summed E-state index contributed by atoms with van der Waals surface area (Å²) in [6, 6.07) is 0. The Labute approximate surface area is 93.7 Å². The smallest absolute Gasteiger partial charge is 0.154 e. The average molecular weight is 216 g/mol. The molecule has 0 radical (unpaired) electrons. The molecule has 15 heavy (non-hydrogen) atoms. The maximum Gasteiger partial charge on any atom is 0.154 e. The second kappa shape index (κ2) is 15.8. The van der Waals surface area contributed by atoms with Gasteiger partial charge in [0.2, 0.25) is 0 Å². The molecule has 90 valence electrons. The second-order valence-electron chi connectivity index (χ2n) is 2.59. The monoisotopic (exact) mass is 216 g/mol. The summed E-state index contributed by atoms with van der Waals surface area (Å²) in [6.45, 7) is 15.4. The standard InChI is InChI=1S/C6H14O2.C6H10O/c1-4-7-6(3)8-5-2;1-3-5-7-6-4-2/h6H,4-5H2,1-3H3;3-4H,1-2,5-6H2. The van der Waals surface area contributed by atoms with Crippen molar-refractivity contribution in [2.75, 3.05) is 26.4 Å². The molecule has 0 aliphatic rings. The first-order valence-corrected chi connectivity index (χ1v) is 5.25. The van der Waals surface area contributed by atoms with Crippen LogP contribution >= 0.6 is 0 Å². The van der Waals surface area contributed by atoms with Crippen LogP contribution < -0.4 is 0 Å². The molecule has 0 atom stereocenters. The predicted octanol–water partition coefficient (Wildman–Crippen LogP) is 2.78. The highest BCUT2D eigenvalue weighted by atomic mass is 16.7. The van der Waals surface area contributed by atoms with Gasteiger partial charge in [-0.15, -0.1) is 13.2 Å². The summed E-state index contributed by atoms with van der Waals surface area (Å²) >= 11 is 0. The molecule has 0 aromatic carbocycles. The molecule has 0 saturated heterocycles. The van der Waals surface area contributed by atoms with Gasteiger partial charge in [0.15, 0.2) is 6.29 Å². The van der Waals surface area contributed by atoms with Crippen molar-refractivity contribution < 1.29 is 14.2 Å². The lowest BCUT2D eigenvalue weighted by atomic mass is 10.6. The maximum atomic E-state index is 5.06. The zero-order valence-electron chi connectivity index (χ0n) is 10.2. The minimum absolute atomic E-state index is 0.0370. The highest BCUT2D eigenvalue weighted by Crippen LogP contribution is 1.90. The Kier molecular flexibility index (Phi) is 17.7. The van der Waals surface area contributed by atoms with Crippen LogP contribution in [0.25, 0.3) is 0 Å². The molecule has 0 unspecified atom stereocenters. The van der Waals surface area contributed by atoms with E-state index in [-0.39, 0.29) is 6.29 Å². The molecule has 0 aromatic heterocycles. The summed E-state index contributed by atoms with van der Waals surface area (Å²) in [5.41, 5.74) is 0. The molecular weight excluding hydrogens is 192 g/mol. The number of ether oxygens (including phenoxy) is 3. The Morgan fingerprint density at radius 2 is 1.40 bits per heavy atom. The van der Waals surface area contributed by atoms with Gasteiger partial charge in [-0.1, -0.05) is 12.2 Å². The highest BCUT2D eigenvalue weighted by Gasteiger charge is 1.94. The van der Waals surface area contributed by atoms with Crippen molar-refractivity contribution in [1.29, 1.82) is 0 Å². The largest absolute Gasteiger partial charge is 0.373 e. The molecule has 0 rings (SSSR count). The summed E-state index contributed by atoms with van der Waals surface area (Å²) in [4.78, 5) is 0. The molecule has 3 heteroatoms. The Balaban J connectivity index is 0. The van der Waals surface area contributed by atoms with E-state index in [4.69, 9.17) is 14.2 Å². The summed E-state index contributed by atoms with van der Waals surface area (Å²) < 4.78 is 15.0. The maximum absolute atomic E-state index is 5.06. The van der Waals surface area contributed by atoms with E-state index < -0.39 is 0 Å². The first kappa shape index (κ1) is 16.8. The summed E-state index contributed by atoms with van der Waals surface area (Å²) in [6.07, 6.45) is 3.39. The van der Waals surface area contributed by atoms with Gasteiger partial charge in [-0.3, -0.25) is 0 Å². The van der Waals surface area contributed by atoms with Crippen LogP contribution in [0.3, 0.4) is 0 Å². The van der Waals surface area contributed by atoms with Crippen LogP contribution in [0.1, 0.15) is 20.8 Å². The third-order valence-corrected chi connectivity index (χ3v) is 1.27. The van der Waals surface area contributed by atoms with E-state index >= 15 is 0 Å². The minimum Gasteiger partial charge on any atom is -0.373 e. The van der Waals surface area contributed by atoms with Crippen molar-refractivity contribution >= 4 is 0 Å². The van der Waals surface area contributed by atoms with Crippen LogP contribution in [0.5, 0.6) is 0 Å². The minimum atomic E-state index is -0.0370. The summed E-state index contributed by atoms with van der Waals surface area (Å²) in [5.74, 6) is 0. The van der Waals surface area contributed by atoms with Crippen molar-refractivity contribution in [2.24, 2.45) is 0 Å². The van der Waals surface area contributed by atoms with Crippen LogP contribution in [0.4, 0.5) is 0 Å². The average Bonchev–Trinajstić information content (AvgIpc) is 2.20. The quantitative estimate of drug-likeness (QED) is 0.355. The SMILES string of the molecule is C=CCOCC=C.CCOC(C)OCC. The van der Waals surface area contributed by atoms with Gasteiger partial charge >= 0.3 is 0 Å². The van der Waals surface area contributed by atoms with Gasteiger partial charge in [-0.05, 0) is 20.8 Å². The Bertz CT molecular complexity index is 121. The van der Waals surface area contributed by atoms with E-state index in [2.05, 4.69) is 13.2 Å².